The predicted molar refractivity (Wildman–Crippen MR) is 62.0 cm³/mol. The van der Waals surface area contributed by atoms with Crippen molar-refractivity contribution in [1.29, 1.82) is 0 Å². The first-order valence-corrected chi connectivity index (χ1v) is 6.41. The third-order valence-electron chi connectivity index (χ3n) is 1.97. The van der Waals surface area contributed by atoms with Crippen molar-refractivity contribution in [2.75, 3.05) is 0 Å². The van der Waals surface area contributed by atoms with Crippen LogP contribution < -0.4 is 4.18 Å². The molecule has 0 N–H and O–H groups in total. The first-order valence-electron chi connectivity index (χ1n) is 4.29. The number of benzene rings is 2. The van der Waals surface area contributed by atoms with Gasteiger partial charge in [0.25, 0.3) is 10.4 Å². The van der Waals surface area contributed by atoms with E-state index in [4.69, 9.17) is 0 Å². The van der Waals surface area contributed by atoms with E-state index in [1.165, 1.54) is 12.1 Å². The molecule has 6 heteroatoms. The molecule has 0 aliphatic carbocycles. The van der Waals surface area contributed by atoms with Crippen molar-refractivity contribution >= 4 is 37.1 Å². The minimum absolute atomic E-state index is 0.0184. The number of rotatable bonds is 2. The van der Waals surface area contributed by atoms with Crippen LogP contribution in [0.25, 0.3) is 10.8 Å². The van der Waals surface area contributed by atoms with Gasteiger partial charge >= 0.3 is 0 Å². The Balaban J connectivity index is 2.49. The molecule has 0 aliphatic rings. The molecule has 0 saturated heterocycles. The summed E-state index contributed by atoms with van der Waals surface area (Å²) in [6, 6.07) is 10.1. The highest BCUT2D eigenvalue weighted by Gasteiger charge is 2.01. The minimum atomic E-state index is -4.71. The molecule has 0 radical (unpaired) electrons. The lowest BCUT2D eigenvalue weighted by Gasteiger charge is -2.09. The van der Waals surface area contributed by atoms with Gasteiger partial charge in [0.1, 0.15) is 5.75 Å². The standard InChI is InChI=1S/C10H7BrO4S/c11-9-3-1-8-6-10(15-16(12,13)14)4-2-7(8)5-9/h1-6H,(H,12,13,14)/p-1. The summed E-state index contributed by atoms with van der Waals surface area (Å²) in [4.78, 5) is 0. The molecule has 0 aromatic heterocycles. The van der Waals surface area contributed by atoms with E-state index >= 15 is 0 Å². The molecule has 2 aromatic rings. The monoisotopic (exact) mass is 301 g/mol. The van der Waals surface area contributed by atoms with Gasteiger partial charge in [0.15, 0.2) is 0 Å². The zero-order valence-corrected chi connectivity index (χ0v) is 10.3. The summed E-state index contributed by atoms with van der Waals surface area (Å²) in [5.74, 6) is 0.0184. The highest BCUT2D eigenvalue weighted by Crippen LogP contribution is 2.24. The van der Waals surface area contributed by atoms with Crippen LogP contribution in [-0.4, -0.2) is 13.0 Å². The molecular formula is C10H6BrO4S-. The largest absolute Gasteiger partial charge is 0.716 e. The summed E-state index contributed by atoms with van der Waals surface area (Å²) >= 11 is 3.32. The van der Waals surface area contributed by atoms with Gasteiger partial charge in [-0.2, -0.15) is 0 Å². The molecule has 16 heavy (non-hydrogen) atoms. The molecular weight excluding hydrogens is 296 g/mol. The lowest BCUT2D eigenvalue weighted by Crippen LogP contribution is -2.06. The predicted octanol–water partition coefficient (Wildman–Crippen LogP) is 2.44. The van der Waals surface area contributed by atoms with Crippen LogP contribution in [0.4, 0.5) is 0 Å². The second kappa shape index (κ2) is 4.04. The van der Waals surface area contributed by atoms with E-state index in [0.717, 1.165) is 15.2 Å². The quantitative estimate of drug-likeness (QED) is 0.631. The summed E-state index contributed by atoms with van der Waals surface area (Å²) in [7, 11) is -4.71. The van der Waals surface area contributed by atoms with Crippen LogP contribution in [0, 0.1) is 0 Å². The maximum atomic E-state index is 10.4. The Labute approximate surface area is 101 Å². The van der Waals surface area contributed by atoms with E-state index in [-0.39, 0.29) is 5.75 Å². The fourth-order valence-corrected chi connectivity index (χ4v) is 2.08. The first-order chi connectivity index (χ1) is 7.44. The van der Waals surface area contributed by atoms with Crippen molar-refractivity contribution in [3.05, 3.63) is 40.9 Å². The van der Waals surface area contributed by atoms with Gasteiger partial charge in [0, 0.05) is 4.47 Å². The van der Waals surface area contributed by atoms with Crippen molar-refractivity contribution in [3.63, 3.8) is 0 Å². The average Bonchev–Trinajstić information content (AvgIpc) is 2.16. The molecule has 0 heterocycles. The molecule has 4 nitrogen and oxygen atoms in total. The van der Waals surface area contributed by atoms with Crippen LogP contribution in [0.3, 0.4) is 0 Å². The van der Waals surface area contributed by atoms with Crippen LogP contribution in [0.2, 0.25) is 0 Å². The maximum Gasteiger partial charge on any atom is 0.262 e. The van der Waals surface area contributed by atoms with Gasteiger partial charge < -0.3 is 8.74 Å². The second-order valence-corrected chi connectivity index (χ2v) is 5.04. The van der Waals surface area contributed by atoms with Crippen LogP contribution in [0.15, 0.2) is 40.9 Å². The highest BCUT2D eigenvalue weighted by molar-refractivity contribution is 9.10. The second-order valence-electron chi connectivity index (χ2n) is 3.14. The van der Waals surface area contributed by atoms with E-state index in [1.807, 2.05) is 12.1 Å². The molecule has 0 spiro atoms. The fraction of sp³-hybridized carbons (Fsp3) is 0. The average molecular weight is 302 g/mol. The van der Waals surface area contributed by atoms with Gasteiger partial charge in [-0.3, -0.25) is 0 Å². The van der Waals surface area contributed by atoms with Crippen molar-refractivity contribution in [1.82, 2.24) is 0 Å². The van der Waals surface area contributed by atoms with E-state index in [9.17, 15) is 13.0 Å². The molecule has 2 rings (SSSR count). The summed E-state index contributed by atoms with van der Waals surface area (Å²) in [6.45, 7) is 0. The Bertz CT molecular complexity index is 636. The smallest absolute Gasteiger partial charge is 0.262 e. The number of hydrogen-bond donors (Lipinski definition) is 0. The molecule has 0 atom stereocenters. The first kappa shape index (κ1) is 11.4. The molecule has 2 aromatic carbocycles. The third-order valence-corrected chi connectivity index (χ3v) is 2.86. The molecule has 0 bridgehead atoms. The Hall–Kier alpha value is -1.11. The minimum Gasteiger partial charge on any atom is -0.716 e. The van der Waals surface area contributed by atoms with Crippen LogP contribution in [-0.2, 0) is 10.4 Å². The summed E-state index contributed by atoms with van der Waals surface area (Å²) in [6.07, 6.45) is 0. The zero-order chi connectivity index (χ0) is 11.8. The number of hydrogen-bond acceptors (Lipinski definition) is 4. The van der Waals surface area contributed by atoms with Crippen molar-refractivity contribution in [3.8, 4) is 5.75 Å². The normalized spacial score (nSPS) is 11.6. The third kappa shape index (κ3) is 2.72. The molecule has 84 valence electrons. The van der Waals surface area contributed by atoms with Crippen LogP contribution in [0.1, 0.15) is 0 Å². The van der Waals surface area contributed by atoms with Gasteiger partial charge in [-0.15, -0.1) is 0 Å². The lowest BCUT2D eigenvalue weighted by atomic mass is 10.1. The lowest BCUT2D eigenvalue weighted by molar-refractivity contribution is 0.372. The topological polar surface area (TPSA) is 66.4 Å². The van der Waals surface area contributed by atoms with Gasteiger partial charge in [0.2, 0.25) is 0 Å². The molecule has 0 saturated carbocycles. The Morgan fingerprint density at radius 2 is 1.69 bits per heavy atom. The number of fused-ring (bicyclic) bond motifs is 1. The van der Waals surface area contributed by atoms with E-state index in [1.54, 1.807) is 12.1 Å². The summed E-state index contributed by atoms with van der Waals surface area (Å²) in [5, 5.41) is 1.72. The Kier molecular flexibility index (Phi) is 2.88. The van der Waals surface area contributed by atoms with Crippen molar-refractivity contribution < 1.29 is 17.2 Å². The van der Waals surface area contributed by atoms with Gasteiger partial charge in [-0.1, -0.05) is 28.1 Å². The number of halogens is 1. The van der Waals surface area contributed by atoms with Crippen LogP contribution >= 0.6 is 15.9 Å². The van der Waals surface area contributed by atoms with Gasteiger partial charge in [0.05, 0.1) is 0 Å². The molecule has 0 amide bonds. The molecule has 0 unspecified atom stereocenters. The molecule has 0 fully saturated rings. The van der Waals surface area contributed by atoms with E-state index in [2.05, 4.69) is 20.1 Å². The summed E-state index contributed by atoms with van der Waals surface area (Å²) in [5.41, 5.74) is 0. The fourth-order valence-electron chi connectivity index (χ4n) is 1.36. The SMILES string of the molecule is O=S(=O)([O-])Oc1ccc2cc(Br)ccc2c1. The maximum absolute atomic E-state index is 10.4. The Morgan fingerprint density at radius 3 is 2.38 bits per heavy atom. The van der Waals surface area contributed by atoms with Crippen molar-refractivity contribution in [2.45, 2.75) is 0 Å². The molecule has 0 aliphatic heterocycles. The zero-order valence-electron chi connectivity index (χ0n) is 7.88. The summed E-state index contributed by atoms with van der Waals surface area (Å²) < 4.78 is 36.4. The van der Waals surface area contributed by atoms with Crippen molar-refractivity contribution in [2.24, 2.45) is 0 Å². The highest BCUT2D eigenvalue weighted by atomic mass is 79.9. The van der Waals surface area contributed by atoms with Crippen LogP contribution in [0.5, 0.6) is 5.75 Å². The Morgan fingerprint density at radius 1 is 1.06 bits per heavy atom. The van der Waals surface area contributed by atoms with E-state index in [0.29, 0.717) is 0 Å². The van der Waals surface area contributed by atoms with Gasteiger partial charge in [-0.25, -0.2) is 8.42 Å². The van der Waals surface area contributed by atoms with Gasteiger partial charge in [-0.05, 0) is 35.0 Å². The van der Waals surface area contributed by atoms with E-state index < -0.39 is 10.4 Å².